The molecule has 0 aromatic heterocycles. The summed E-state index contributed by atoms with van der Waals surface area (Å²) in [6.07, 6.45) is -10.2. The molecule has 4 aromatic carbocycles. The van der Waals surface area contributed by atoms with E-state index in [1.165, 1.54) is 44.2 Å². The second-order valence-corrected chi connectivity index (χ2v) is 15.1. The van der Waals surface area contributed by atoms with Gasteiger partial charge in [0.1, 0.15) is 23.0 Å². The standard InChI is InChI=1S/C17H12ClF6NO6S.C16H13ClF3NO4/c1-15(2,9-3-11(18)7-12(4-9)25(26)27)10-5-13(30-16(19,20)21)8-14(6-10)31-32(28,29)17(22,23)24;1-15(2,9-3-11(17)7-12(4-9)21(23)24)10-5-13(22)8-14(6-10)25-16(18,19)20/h3-8H,1-2H3;3-8,22H,1-2H3. The zero-order chi connectivity index (χ0) is 43.7. The molecule has 12 nitrogen and oxygen atoms in total. The zero-order valence-electron chi connectivity index (χ0n) is 29.0. The van der Waals surface area contributed by atoms with E-state index < -0.39 is 77.7 Å². The third kappa shape index (κ3) is 12.4. The number of phenolic OH excluding ortho intramolecular Hbond substituents is 1. The van der Waals surface area contributed by atoms with Crippen molar-refractivity contribution in [3.8, 4) is 23.0 Å². The van der Waals surface area contributed by atoms with Gasteiger partial charge in [-0.15, -0.1) is 26.3 Å². The van der Waals surface area contributed by atoms with Gasteiger partial charge in [0.05, 0.1) is 9.85 Å². The summed E-state index contributed by atoms with van der Waals surface area (Å²) in [7, 11) is -6.21. The van der Waals surface area contributed by atoms with E-state index in [9.17, 15) is 73.3 Å². The normalized spacial score (nSPS) is 12.6. The number of phenols is 1. The van der Waals surface area contributed by atoms with Gasteiger partial charge in [0.15, 0.2) is 0 Å². The lowest BCUT2D eigenvalue weighted by Crippen LogP contribution is -2.28. The Balaban J connectivity index is 0.000000315. The van der Waals surface area contributed by atoms with Crippen LogP contribution in [0.5, 0.6) is 23.0 Å². The minimum Gasteiger partial charge on any atom is -0.508 e. The number of aromatic hydroxyl groups is 1. The molecule has 0 bridgehead atoms. The van der Waals surface area contributed by atoms with Crippen molar-refractivity contribution in [1.82, 2.24) is 0 Å². The van der Waals surface area contributed by atoms with Crippen LogP contribution in [0.3, 0.4) is 0 Å². The van der Waals surface area contributed by atoms with Crippen LogP contribution in [0.4, 0.5) is 50.9 Å². The lowest BCUT2D eigenvalue weighted by molar-refractivity contribution is -0.385. The summed E-state index contributed by atoms with van der Waals surface area (Å²) < 4.78 is 147. The Morgan fingerprint density at radius 2 is 0.912 bits per heavy atom. The van der Waals surface area contributed by atoms with Gasteiger partial charge in [0.2, 0.25) is 0 Å². The number of benzene rings is 4. The Kier molecular flexibility index (Phi) is 13.2. The number of non-ortho nitro benzene ring substituents is 2. The number of nitro groups is 2. The largest absolute Gasteiger partial charge is 0.573 e. The quantitative estimate of drug-likeness (QED) is 0.0532. The molecule has 310 valence electrons. The van der Waals surface area contributed by atoms with Crippen LogP contribution in [0.2, 0.25) is 10.0 Å². The number of ether oxygens (including phenoxy) is 2. The van der Waals surface area contributed by atoms with Crippen LogP contribution in [-0.4, -0.2) is 41.6 Å². The predicted octanol–water partition coefficient (Wildman–Crippen LogP) is 10.9. The smallest absolute Gasteiger partial charge is 0.508 e. The number of hydrogen-bond donors (Lipinski definition) is 1. The van der Waals surface area contributed by atoms with Crippen LogP contribution in [0.15, 0.2) is 72.8 Å². The van der Waals surface area contributed by atoms with Gasteiger partial charge in [-0.25, -0.2) is 0 Å². The third-order valence-electron chi connectivity index (χ3n) is 7.80. The molecule has 0 aliphatic carbocycles. The molecule has 0 saturated heterocycles. The molecule has 0 heterocycles. The fourth-order valence-corrected chi connectivity index (χ4v) is 5.80. The van der Waals surface area contributed by atoms with Gasteiger partial charge in [-0.2, -0.15) is 21.6 Å². The maximum absolute atomic E-state index is 12.7. The molecule has 0 spiro atoms. The van der Waals surface area contributed by atoms with Gasteiger partial charge < -0.3 is 18.8 Å². The fourth-order valence-electron chi connectivity index (χ4n) is 4.90. The minimum absolute atomic E-state index is 0.0884. The summed E-state index contributed by atoms with van der Waals surface area (Å²) in [6.45, 7) is 5.98. The average molecular weight is 884 g/mol. The Morgan fingerprint density at radius 1 is 0.561 bits per heavy atom. The Hall–Kier alpha value is -5.22. The highest BCUT2D eigenvalue weighted by molar-refractivity contribution is 7.88. The van der Waals surface area contributed by atoms with Crippen LogP contribution in [0.25, 0.3) is 0 Å². The SMILES string of the molecule is CC(C)(c1cc(O)cc(OC(F)(F)F)c1)c1cc(Cl)cc([N+](=O)[O-])c1.CC(C)(c1cc(OC(F)(F)F)cc(OS(=O)(=O)C(F)(F)F)c1)c1cc(Cl)cc([N+](=O)[O-])c1. The van der Waals surface area contributed by atoms with Gasteiger partial charge >= 0.3 is 28.4 Å². The lowest BCUT2D eigenvalue weighted by atomic mass is 9.78. The van der Waals surface area contributed by atoms with Gasteiger partial charge in [-0.05, 0) is 58.7 Å². The van der Waals surface area contributed by atoms with Crippen molar-refractivity contribution in [1.29, 1.82) is 0 Å². The van der Waals surface area contributed by atoms with Crippen molar-refractivity contribution in [2.24, 2.45) is 0 Å². The van der Waals surface area contributed by atoms with Gasteiger partial charge in [0, 0.05) is 57.3 Å². The summed E-state index contributed by atoms with van der Waals surface area (Å²) in [4.78, 5) is 20.7. The number of hydrogen-bond acceptors (Lipinski definition) is 10. The van der Waals surface area contributed by atoms with Crippen molar-refractivity contribution < 1.29 is 76.5 Å². The summed E-state index contributed by atoms with van der Waals surface area (Å²) >= 11 is 11.8. The Bertz CT molecular complexity index is 2280. The van der Waals surface area contributed by atoms with E-state index in [0.29, 0.717) is 11.6 Å². The van der Waals surface area contributed by atoms with Crippen LogP contribution < -0.4 is 13.7 Å². The molecule has 0 fully saturated rings. The van der Waals surface area contributed by atoms with E-state index in [2.05, 4.69) is 13.7 Å². The molecule has 4 aromatic rings. The molecule has 0 aliphatic rings. The number of nitrogens with zero attached hydrogens (tertiary/aromatic N) is 2. The van der Waals surface area contributed by atoms with Gasteiger partial charge in [-0.3, -0.25) is 20.2 Å². The van der Waals surface area contributed by atoms with Crippen molar-refractivity contribution in [3.05, 3.63) is 125 Å². The number of rotatable bonds is 10. The maximum Gasteiger partial charge on any atom is 0.573 e. The van der Waals surface area contributed by atoms with Crippen molar-refractivity contribution in [3.63, 3.8) is 0 Å². The van der Waals surface area contributed by atoms with Crippen LogP contribution in [-0.2, 0) is 20.9 Å². The Labute approximate surface area is 325 Å². The summed E-state index contributed by atoms with van der Waals surface area (Å²) in [6, 6.07) is 12.2. The van der Waals surface area contributed by atoms with Gasteiger partial charge in [-0.1, -0.05) is 50.9 Å². The topological polar surface area (TPSA) is 168 Å². The van der Waals surface area contributed by atoms with Gasteiger partial charge in [0.25, 0.3) is 11.4 Å². The summed E-state index contributed by atoms with van der Waals surface area (Å²) in [5, 5.41) is 31.8. The summed E-state index contributed by atoms with van der Waals surface area (Å²) in [5.41, 5.74) is -8.44. The molecule has 0 aliphatic heterocycles. The molecule has 57 heavy (non-hydrogen) atoms. The van der Waals surface area contributed by atoms with Crippen molar-refractivity contribution in [2.45, 2.75) is 56.8 Å². The molecule has 1 N–H and O–H groups in total. The highest BCUT2D eigenvalue weighted by Crippen LogP contribution is 2.42. The molecule has 0 amide bonds. The molecule has 4 rings (SSSR count). The molecule has 24 heteroatoms. The van der Waals surface area contributed by atoms with Crippen LogP contribution in [0, 0.1) is 20.2 Å². The van der Waals surface area contributed by atoms with E-state index in [4.69, 9.17) is 23.2 Å². The molecular weight excluding hydrogens is 858 g/mol. The van der Waals surface area contributed by atoms with Crippen LogP contribution >= 0.6 is 23.2 Å². The molecular formula is C33H25Cl2F9N2O10S. The maximum atomic E-state index is 12.7. The molecule has 0 saturated carbocycles. The lowest BCUT2D eigenvalue weighted by Gasteiger charge is -2.27. The monoisotopic (exact) mass is 882 g/mol. The first kappa shape index (κ1) is 46.2. The Morgan fingerprint density at radius 3 is 1.28 bits per heavy atom. The predicted molar refractivity (Wildman–Crippen MR) is 184 cm³/mol. The second-order valence-electron chi connectivity index (χ2n) is 12.6. The van der Waals surface area contributed by atoms with E-state index in [0.717, 1.165) is 36.4 Å². The van der Waals surface area contributed by atoms with Crippen molar-refractivity contribution >= 4 is 44.7 Å². The van der Waals surface area contributed by atoms with Crippen LogP contribution in [0.1, 0.15) is 49.9 Å². The minimum atomic E-state index is -6.21. The second kappa shape index (κ2) is 16.3. The zero-order valence-corrected chi connectivity index (χ0v) is 31.3. The number of alkyl halides is 9. The summed E-state index contributed by atoms with van der Waals surface area (Å²) in [5.74, 6) is -3.22. The first-order valence-electron chi connectivity index (χ1n) is 15.1. The first-order valence-corrected chi connectivity index (χ1v) is 17.3. The highest BCUT2D eigenvalue weighted by Gasteiger charge is 2.49. The van der Waals surface area contributed by atoms with E-state index in [1.807, 2.05) is 0 Å². The molecule has 0 radical (unpaired) electrons. The average Bonchev–Trinajstić information content (AvgIpc) is 3.01. The highest BCUT2D eigenvalue weighted by atomic mass is 35.5. The number of halogens is 11. The van der Waals surface area contributed by atoms with E-state index in [1.54, 1.807) is 13.8 Å². The van der Waals surface area contributed by atoms with E-state index in [-0.39, 0.29) is 32.4 Å². The third-order valence-corrected chi connectivity index (χ3v) is 9.22. The van der Waals surface area contributed by atoms with E-state index >= 15 is 0 Å². The first-order chi connectivity index (χ1) is 25.7. The number of nitro benzene ring substituents is 2. The van der Waals surface area contributed by atoms with Crippen molar-refractivity contribution in [2.75, 3.05) is 0 Å². The fraction of sp³-hybridized carbons (Fsp3) is 0.273. The molecule has 0 atom stereocenters. The molecule has 0 unspecified atom stereocenters.